The van der Waals surface area contributed by atoms with Crippen molar-refractivity contribution in [2.75, 3.05) is 0 Å². The number of rotatable bonds is 0. The molecule has 0 aliphatic carbocycles. The second kappa shape index (κ2) is 3.58. The molecule has 0 fully saturated rings. The number of aromatic amines is 1. The summed E-state index contributed by atoms with van der Waals surface area (Å²) in [6.07, 6.45) is 4.93. The van der Waals surface area contributed by atoms with E-state index in [2.05, 4.69) is 19.9 Å². The third-order valence-electron chi connectivity index (χ3n) is 3.26. The maximum Gasteiger partial charge on any atom is 0.345 e. The van der Waals surface area contributed by atoms with Gasteiger partial charge in [0.15, 0.2) is 0 Å². The fraction of sp³-hybridized carbons (Fsp3) is 0. The monoisotopic (exact) mass is 248 g/mol. The highest BCUT2D eigenvalue weighted by Crippen LogP contribution is 2.27. The second-order valence-electron chi connectivity index (χ2n) is 4.34. The van der Waals surface area contributed by atoms with Crippen LogP contribution in [0, 0.1) is 0 Å². The number of nitrogens with zero attached hydrogens (tertiary/aromatic N) is 3. The first-order chi connectivity index (χ1) is 9.33. The van der Waals surface area contributed by atoms with Gasteiger partial charge in [-0.25, -0.2) is 19.7 Å². The van der Waals surface area contributed by atoms with Crippen LogP contribution < -0.4 is 5.69 Å². The molecular weight excluding hydrogens is 240 g/mol. The summed E-state index contributed by atoms with van der Waals surface area (Å²) in [5.41, 5.74) is 1.34. The lowest BCUT2D eigenvalue weighted by molar-refractivity contribution is 1.12. The Labute approximate surface area is 107 Å². The highest BCUT2D eigenvalue weighted by atomic mass is 16.1. The smallest absolute Gasteiger partial charge is 0.305 e. The van der Waals surface area contributed by atoms with E-state index in [0.29, 0.717) is 0 Å². The molecule has 5 nitrogen and oxygen atoms in total. The van der Waals surface area contributed by atoms with Crippen LogP contribution in [0.2, 0.25) is 0 Å². The lowest BCUT2D eigenvalue weighted by Crippen LogP contribution is -2.08. The van der Waals surface area contributed by atoms with Crippen molar-refractivity contribution in [2.45, 2.75) is 0 Å². The zero-order chi connectivity index (χ0) is 12.8. The van der Waals surface area contributed by atoms with Crippen LogP contribution in [-0.2, 0) is 0 Å². The summed E-state index contributed by atoms with van der Waals surface area (Å²) < 4.78 is 0. The Kier molecular flexibility index (Phi) is 1.91. The Bertz CT molecular complexity index is 991. The quantitative estimate of drug-likeness (QED) is 0.483. The van der Waals surface area contributed by atoms with Gasteiger partial charge in [-0.3, -0.25) is 0 Å². The van der Waals surface area contributed by atoms with E-state index in [0.717, 1.165) is 32.6 Å². The fourth-order valence-electron chi connectivity index (χ4n) is 2.40. The summed E-state index contributed by atoms with van der Waals surface area (Å²) in [5, 5.41) is 3.96. The molecule has 0 atom stereocenters. The molecule has 90 valence electrons. The summed E-state index contributed by atoms with van der Waals surface area (Å²) in [6, 6.07) is 7.82. The molecule has 2 aromatic carbocycles. The maximum atomic E-state index is 11.2. The Morgan fingerprint density at radius 3 is 2.74 bits per heavy atom. The molecule has 0 aliphatic heterocycles. The molecule has 0 spiro atoms. The normalized spacial score (nSPS) is 11.4. The van der Waals surface area contributed by atoms with Crippen LogP contribution in [0.5, 0.6) is 0 Å². The highest BCUT2D eigenvalue weighted by molar-refractivity contribution is 6.14. The first-order valence-corrected chi connectivity index (χ1v) is 5.83. The van der Waals surface area contributed by atoms with E-state index in [1.54, 1.807) is 12.4 Å². The number of nitrogens with one attached hydrogen (secondary N) is 1. The van der Waals surface area contributed by atoms with Gasteiger partial charge in [-0.15, -0.1) is 0 Å². The van der Waals surface area contributed by atoms with Gasteiger partial charge >= 0.3 is 5.69 Å². The van der Waals surface area contributed by atoms with E-state index < -0.39 is 0 Å². The second-order valence-corrected chi connectivity index (χ2v) is 4.34. The van der Waals surface area contributed by atoms with Gasteiger partial charge in [0.05, 0.1) is 11.0 Å². The average Bonchev–Trinajstić information content (AvgIpc) is 2.46. The Morgan fingerprint density at radius 1 is 0.895 bits per heavy atom. The predicted molar refractivity (Wildman–Crippen MR) is 73.0 cm³/mol. The van der Waals surface area contributed by atoms with E-state index in [4.69, 9.17) is 0 Å². The summed E-state index contributed by atoms with van der Waals surface area (Å²) >= 11 is 0. The van der Waals surface area contributed by atoms with Gasteiger partial charge in [0.25, 0.3) is 0 Å². The predicted octanol–water partition coefficient (Wildman–Crippen LogP) is 2.02. The SMILES string of the molecule is O=c1ncc2c(ccc3c2ccc2cncnc23)[nH]1. The molecule has 4 rings (SSSR count). The van der Waals surface area contributed by atoms with Gasteiger partial charge in [0.2, 0.25) is 0 Å². The van der Waals surface area contributed by atoms with Crippen molar-refractivity contribution >= 4 is 32.6 Å². The molecule has 2 aromatic heterocycles. The molecule has 0 saturated heterocycles. The van der Waals surface area contributed by atoms with Crippen molar-refractivity contribution in [3.05, 3.63) is 53.5 Å². The number of benzene rings is 2. The first-order valence-electron chi connectivity index (χ1n) is 5.83. The fourth-order valence-corrected chi connectivity index (χ4v) is 2.40. The molecule has 4 aromatic rings. The maximum absolute atomic E-state index is 11.2. The van der Waals surface area contributed by atoms with Crippen molar-refractivity contribution in [1.29, 1.82) is 0 Å². The number of aromatic nitrogens is 4. The molecule has 1 N–H and O–H groups in total. The van der Waals surface area contributed by atoms with Gasteiger partial charge in [-0.2, -0.15) is 0 Å². The molecule has 0 unspecified atom stereocenters. The molecule has 0 amide bonds. The van der Waals surface area contributed by atoms with Crippen LogP contribution >= 0.6 is 0 Å². The lowest BCUT2D eigenvalue weighted by Gasteiger charge is -2.05. The number of fused-ring (bicyclic) bond motifs is 5. The minimum atomic E-state index is -0.338. The summed E-state index contributed by atoms with van der Waals surface area (Å²) in [6.45, 7) is 0. The standard InChI is InChI=1S/C14H8N4O/c19-14-16-6-11-9-2-1-8-5-15-7-17-13(8)10(9)3-4-12(11)18-14/h1-7H,(H,16,18,19). The third kappa shape index (κ3) is 1.41. The molecule has 0 bridgehead atoms. The van der Waals surface area contributed by atoms with Crippen molar-refractivity contribution in [3.63, 3.8) is 0 Å². The summed E-state index contributed by atoms with van der Waals surface area (Å²) in [4.78, 5) is 26.1. The summed E-state index contributed by atoms with van der Waals surface area (Å²) in [7, 11) is 0. The van der Waals surface area contributed by atoms with Gasteiger partial charge in [-0.1, -0.05) is 18.2 Å². The molecule has 0 radical (unpaired) electrons. The molecule has 5 heteroatoms. The highest BCUT2D eigenvalue weighted by Gasteiger charge is 2.06. The van der Waals surface area contributed by atoms with E-state index in [1.165, 1.54) is 6.33 Å². The molecule has 19 heavy (non-hydrogen) atoms. The van der Waals surface area contributed by atoms with E-state index in [1.807, 2.05) is 24.3 Å². The number of H-pyrrole nitrogens is 1. The zero-order valence-electron chi connectivity index (χ0n) is 9.79. The first kappa shape index (κ1) is 10.1. The van der Waals surface area contributed by atoms with Crippen LogP contribution in [-0.4, -0.2) is 19.9 Å². The minimum Gasteiger partial charge on any atom is -0.305 e. The van der Waals surface area contributed by atoms with E-state index >= 15 is 0 Å². The van der Waals surface area contributed by atoms with Crippen LogP contribution in [0.1, 0.15) is 0 Å². The van der Waals surface area contributed by atoms with E-state index in [9.17, 15) is 4.79 Å². The molecule has 0 aliphatic rings. The largest absolute Gasteiger partial charge is 0.345 e. The topological polar surface area (TPSA) is 71.5 Å². The van der Waals surface area contributed by atoms with Gasteiger partial charge in [0.1, 0.15) is 6.33 Å². The molecule has 0 saturated carbocycles. The van der Waals surface area contributed by atoms with Gasteiger partial charge in [-0.05, 0) is 11.5 Å². The Morgan fingerprint density at radius 2 is 1.79 bits per heavy atom. The number of hydrogen-bond acceptors (Lipinski definition) is 4. The van der Waals surface area contributed by atoms with Crippen LogP contribution in [0.3, 0.4) is 0 Å². The van der Waals surface area contributed by atoms with Crippen molar-refractivity contribution in [3.8, 4) is 0 Å². The summed E-state index contributed by atoms with van der Waals surface area (Å²) in [5.74, 6) is 0. The number of hydrogen-bond donors (Lipinski definition) is 1. The zero-order valence-corrected chi connectivity index (χ0v) is 9.79. The minimum absolute atomic E-state index is 0.338. The van der Waals surface area contributed by atoms with Crippen molar-refractivity contribution in [1.82, 2.24) is 19.9 Å². The molecular formula is C14H8N4O. The average molecular weight is 248 g/mol. The Hall–Kier alpha value is -2.82. The van der Waals surface area contributed by atoms with Crippen LogP contribution in [0.15, 0.2) is 47.8 Å². The molecule has 2 heterocycles. The van der Waals surface area contributed by atoms with Crippen LogP contribution in [0.25, 0.3) is 32.6 Å². The van der Waals surface area contributed by atoms with Crippen molar-refractivity contribution in [2.24, 2.45) is 0 Å². The van der Waals surface area contributed by atoms with E-state index in [-0.39, 0.29) is 5.69 Å². The lowest BCUT2D eigenvalue weighted by atomic mass is 10.0. The third-order valence-corrected chi connectivity index (χ3v) is 3.26. The Balaban J connectivity index is 2.29. The van der Waals surface area contributed by atoms with Crippen LogP contribution in [0.4, 0.5) is 0 Å². The van der Waals surface area contributed by atoms with Gasteiger partial charge in [0, 0.05) is 28.6 Å². The van der Waals surface area contributed by atoms with Gasteiger partial charge < -0.3 is 4.98 Å². The van der Waals surface area contributed by atoms with Crippen molar-refractivity contribution < 1.29 is 0 Å².